The molecule has 0 aromatic heterocycles. The number of thiol groups is 1. The van der Waals surface area contributed by atoms with E-state index in [0.29, 0.717) is 0 Å². The van der Waals surface area contributed by atoms with Gasteiger partial charge in [0.25, 0.3) is 0 Å². The third kappa shape index (κ3) is 3.93. The Labute approximate surface area is 55.9 Å². The first-order chi connectivity index (χ1) is 3.81. The monoisotopic (exact) mass is 129 g/mol. The Hall–Kier alpha value is -0.240. The van der Waals surface area contributed by atoms with E-state index >= 15 is 0 Å². The Morgan fingerprint density at radius 3 is 2.75 bits per heavy atom. The summed E-state index contributed by atoms with van der Waals surface area (Å²) in [5, 5.41) is 0. The molecule has 1 nitrogen and oxygen atoms in total. The third-order valence-corrected chi connectivity index (χ3v) is 1.17. The van der Waals surface area contributed by atoms with Gasteiger partial charge in [-0.1, -0.05) is 6.92 Å². The van der Waals surface area contributed by atoms with E-state index in [-0.39, 0.29) is 0 Å². The SMILES string of the molecule is C/C=N\C=C(/S)CC. The van der Waals surface area contributed by atoms with Crippen LogP contribution in [0, 0.1) is 0 Å². The largest absolute Gasteiger partial charge is 0.269 e. The smallest absolute Gasteiger partial charge is 0.0356 e. The topological polar surface area (TPSA) is 12.4 Å². The molecule has 0 aliphatic rings. The highest BCUT2D eigenvalue weighted by Gasteiger charge is 1.77. The first-order valence-electron chi connectivity index (χ1n) is 2.67. The van der Waals surface area contributed by atoms with Gasteiger partial charge >= 0.3 is 0 Å². The van der Waals surface area contributed by atoms with E-state index in [1.54, 1.807) is 12.4 Å². The van der Waals surface area contributed by atoms with Gasteiger partial charge in [-0.2, -0.15) is 0 Å². The van der Waals surface area contributed by atoms with Crippen molar-refractivity contribution in [3.05, 3.63) is 11.1 Å². The quantitative estimate of drug-likeness (QED) is 0.434. The summed E-state index contributed by atoms with van der Waals surface area (Å²) in [6.45, 7) is 3.93. The fraction of sp³-hybridized carbons (Fsp3) is 0.500. The zero-order valence-corrected chi connectivity index (χ0v) is 6.15. The van der Waals surface area contributed by atoms with Crippen LogP contribution in [0.2, 0.25) is 0 Å². The normalized spacial score (nSPS) is 13.1. The van der Waals surface area contributed by atoms with E-state index in [9.17, 15) is 0 Å². The molecule has 0 fully saturated rings. The maximum Gasteiger partial charge on any atom is 0.0356 e. The van der Waals surface area contributed by atoms with Crippen LogP contribution in [-0.2, 0) is 0 Å². The summed E-state index contributed by atoms with van der Waals surface area (Å²) in [5.74, 6) is 0. The molecule has 0 N–H and O–H groups in total. The lowest BCUT2D eigenvalue weighted by atomic mass is 10.5. The average Bonchev–Trinajstić information content (AvgIpc) is 1.83. The predicted octanol–water partition coefficient (Wildman–Crippen LogP) is 2.26. The van der Waals surface area contributed by atoms with Gasteiger partial charge in [0.2, 0.25) is 0 Å². The summed E-state index contributed by atoms with van der Waals surface area (Å²) >= 11 is 4.11. The number of allylic oxidation sites excluding steroid dienone is 1. The van der Waals surface area contributed by atoms with Crippen LogP contribution in [0.3, 0.4) is 0 Å². The Kier molecular flexibility index (Phi) is 4.76. The second kappa shape index (κ2) is 4.91. The molecule has 0 aromatic rings. The lowest BCUT2D eigenvalue weighted by Gasteiger charge is -1.85. The van der Waals surface area contributed by atoms with Crippen molar-refractivity contribution in [3.63, 3.8) is 0 Å². The molecule has 0 rings (SSSR count). The predicted molar refractivity (Wildman–Crippen MR) is 41.5 cm³/mol. The van der Waals surface area contributed by atoms with E-state index in [1.165, 1.54) is 0 Å². The van der Waals surface area contributed by atoms with Gasteiger partial charge in [0.1, 0.15) is 0 Å². The van der Waals surface area contributed by atoms with Gasteiger partial charge in [-0.15, -0.1) is 12.6 Å². The molecule has 0 aromatic carbocycles. The van der Waals surface area contributed by atoms with Crippen molar-refractivity contribution in [1.82, 2.24) is 0 Å². The fourth-order valence-electron chi connectivity index (χ4n) is 0.252. The lowest BCUT2D eigenvalue weighted by molar-refractivity contribution is 1.19. The maximum atomic E-state index is 4.11. The third-order valence-electron chi connectivity index (χ3n) is 0.735. The van der Waals surface area contributed by atoms with E-state index in [0.717, 1.165) is 11.3 Å². The molecule has 0 atom stereocenters. The number of hydrogen-bond acceptors (Lipinski definition) is 2. The lowest BCUT2D eigenvalue weighted by Crippen LogP contribution is -1.63. The first kappa shape index (κ1) is 7.76. The van der Waals surface area contributed by atoms with Crippen molar-refractivity contribution in [3.8, 4) is 0 Å². The molecule has 0 aliphatic heterocycles. The van der Waals surface area contributed by atoms with Gasteiger partial charge in [0.05, 0.1) is 0 Å². The van der Waals surface area contributed by atoms with Crippen molar-refractivity contribution in [2.75, 3.05) is 0 Å². The molecular weight excluding hydrogens is 118 g/mol. The number of nitrogens with zero attached hydrogens (tertiary/aromatic N) is 1. The second-order valence-electron chi connectivity index (χ2n) is 1.38. The zero-order valence-electron chi connectivity index (χ0n) is 5.26. The Morgan fingerprint density at radius 2 is 2.38 bits per heavy atom. The number of rotatable bonds is 2. The molecule has 46 valence electrons. The fourth-order valence-corrected chi connectivity index (χ4v) is 0.319. The molecule has 0 unspecified atom stereocenters. The Balaban J connectivity index is 3.57. The van der Waals surface area contributed by atoms with Crippen molar-refractivity contribution in [2.45, 2.75) is 20.3 Å². The first-order valence-corrected chi connectivity index (χ1v) is 3.11. The molecule has 0 saturated heterocycles. The highest BCUT2D eigenvalue weighted by molar-refractivity contribution is 7.84. The van der Waals surface area contributed by atoms with Crippen molar-refractivity contribution in [2.24, 2.45) is 4.99 Å². The average molecular weight is 129 g/mol. The van der Waals surface area contributed by atoms with Crippen LogP contribution in [-0.4, -0.2) is 6.21 Å². The summed E-state index contributed by atoms with van der Waals surface area (Å²) < 4.78 is 0. The standard InChI is InChI=1S/C6H11NS/c1-3-6(8)5-7-4-2/h4-5,8H,3H2,1-2H3/b6-5-,7-4-. The second-order valence-corrected chi connectivity index (χ2v) is 1.96. The van der Waals surface area contributed by atoms with Gasteiger partial charge < -0.3 is 0 Å². The van der Waals surface area contributed by atoms with Gasteiger partial charge in [-0.05, 0) is 18.2 Å². The minimum Gasteiger partial charge on any atom is -0.269 e. The molecule has 0 spiro atoms. The van der Waals surface area contributed by atoms with E-state index in [4.69, 9.17) is 0 Å². The minimum absolute atomic E-state index is 0.959. The van der Waals surface area contributed by atoms with E-state index in [1.807, 2.05) is 13.8 Å². The molecule has 0 aliphatic carbocycles. The molecular formula is C6H11NS. The van der Waals surface area contributed by atoms with Crippen LogP contribution in [0.15, 0.2) is 16.1 Å². The van der Waals surface area contributed by atoms with Gasteiger partial charge in [0.15, 0.2) is 0 Å². The van der Waals surface area contributed by atoms with E-state index < -0.39 is 0 Å². The van der Waals surface area contributed by atoms with Crippen LogP contribution in [0.4, 0.5) is 0 Å². The van der Waals surface area contributed by atoms with Gasteiger partial charge in [-0.25, -0.2) is 0 Å². The summed E-state index contributed by atoms with van der Waals surface area (Å²) in [6.07, 6.45) is 4.45. The zero-order chi connectivity index (χ0) is 6.41. The minimum atomic E-state index is 0.959. The summed E-state index contributed by atoms with van der Waals surface area (Å²) in [5.41, 5.74) is 0. The molecule has 0 amide bonds. The van der Waals surface area contributed by atoms with Gasteiger partial charge in [0, 0.05) is 12.4 Å². The van der Waals surface area contributed by atoms with Crippen molar-refractivity contribution in [1.29, 1.82) is 0 Å². The van der Waals surface area contributed by atoms with E-state index in [2.05, 4.69) is 17.6 Å². The van der Waals surface area contributed by atoms with Gasteiger partial charge in [-0.3, -0.25) is 4.99 Å². The number of hydrogen-bond donors (Lipinski definition) is 1. The molecule has 2 heteroatoms. The van der Waals surface area contributed by atoms with Crippen molar-refractivity contribution >= 4 is 18.8 Å². The number of aliphatic imine (C=N–C) groups is 1. The highest BCUT2D eigenvalue weighted by atomic mass is 32.1. The van der Waals surface area contributed by atoms with Crippen LogP contribution in [0.1, 0.15) is 20.3 Å². The van der Waals surface area contributed by atoms with Crippen LogP contribution >= 0.6 is 12.6 Å². The summed E-state index contributed by atoms with van der Waals surface area (Å²) in [6, 6.07) is 0. The van der Waals surface area contributed by atoms with Crippen LogP contribution < -0.4 is 0 Å². The molecule has 0 bridgehead atoms. The Bertz CT molecular complexity index is 105. The summed E-state index contributed by atoms with van der Waals surface area (Å²) in [7, 11) is 0. The molecule has 0 radical (unpaired) electrons. The maximum absolute atomic E-state index is 4.11. The highest BCUT2D eigenvalue weighted by Crippen LogP contribution is 2.03. The summed E-state index contributed by atoms with van der Waals surface area (Å²) in [4.78, 5) is 4.90. The van der Waals surface area contributed by atoms with Crippen molar-refractivity contribution < 1.29 is 0 Å². The molecule has 8 heavy (non-hydrogen) atoms. The van der Waals surface area contributed by atoms with Crippen LogP contribution in [0.5, 0.6) is 0 Å². The Morgan fingerprint density at radius 1 is 1.75 bits per heavy atom. The molecule has 0 saturated carbocycles. The van der Waals surface area contributed by atoms with Crippen LogP contribution in [0.25, 0.3) is 0 Å². The molecule has 0 heterocycles.